The van der Waals surface area contributed by atoms with Crippen molar-refractivity contribution in [1.82, 2.24) is 0 Å². The Morgan fingerprint density at radius 1 is 1.23 bits per heavy atom. The SMILES string of the molecule is CC1(C)[C@H](C(=O)O)[C@@H]1C(=O)Nc1ccc2c(c1)CCC(=O)N2CC1CC1. The van der Waals surface area contributed by atoms with E-state index in [-0.39, 0.29) is 11.8 Å². The first-order valence-corrected chi connectivity index (χ1v) is 9.26. The number of aryl methyl sites for hydroxylation is 1. The summed E-state index contributed by atoms with van der Waals surface area (Å²) in [5, 5.41) is 12.1. The topological polar surface area (TPSA) is 86.7 Å². The van der Waals surface area contributed by atoms with Gasteiger partial charge in [0.15, 0.2) is 0 Å². The maximum absolute atomic E-state index is 12.5. The van der Waals surface area contributed by atoms with Gasteiger partial charge in [0.1, 0.15) is 0 Å². The minimum absolute atomic E-state index is 0.171. The fourth-order valence-electron chi connectivity index (χ4n) is 4.20. The van der Waals surface area contributed by atoms with Crippen molar-refractivity contribution in [3.8, 4) is 0 Å². The fraction of sp³-hybridized carbons (Fsp3) is 0.550. The summed E-state index contributed by atoms with van der Waals surface area (Å²) in [6.45, 7) is 4.41. The van der Waals surface area contributed by atoms with Gasteiger partial charge in [-0.2, -0.15) is 0 Å². The van der Waals surface area contributed by atoms with E-state index >= 15 is 0 Å². The van der Waals surface area contributed by atoms with E-state index in [0.717, 1.165) is 17.8 Å². The minimum Gasteiger partial charge on any atom is -0.481 e. The molecule has 1 aliphatic heterocycles. The second-order valence-corrected chi connectivity index (χ2v) is 8.40. The zero-order valence-electron chi connectivity index (χ0n) is 15.1. The first-order chi connectivity index (χ1) is 12.3. The van der Waals surface area contributed by atoms with Gasteiger partial charge < -0.3 is 15.3 Å². The largest absolute Gasteiger partial charge is 0.481 e. The number of carbonyl (C=O) groups is 3. The lowest BCUT2D eigenvalue weighted by atomic mass is 10.00. The highest BCUT2D eigenvalue weighted by Crippen LogP contribution is 2.58. The molecule has 0 saturated heterocycles. The van der Waals surface area contributed by atoms with Crippen molar-refractivity contribution in [3.05, 3.63) is 23.8 Å². The van der Waals surface area contributed by atoms with Crippen molar-refractivity contribution in [3.63, 3.8) is 0 Å². The number of benzene rings is 1. The molecule has 2 saturated carbocycles. The number of fused-ring (bicyclic) bond motifs is 1. The van der Waals surface area contributed by atoms with Crippen LogP contribution in [0.15, 0.2) is 18.2 Å². The molecule has 3 aliphatic rings. The lowest BCUT2D eigenvalue weighted by Gasteiger charge is -2.30. The third kappa shape index (κ3) is 2.87. The highest BCUT2D eigenvalue weighted by atomic mass is 16.4. The molecule has 4 rings (SSSR count). The van der Waals surface area contributed by atoms with Crippen molar-refractivity contribution in [2.45, 2.75) is 39.5 Å². The average Bonchev–Trinajstić information content (AvgIpc) is 3.46. The van der Waals surface area contributed by atoms with E-state index in [4.69, 9.17) is 0 Å². The fourth-order valence-corrected chi connectivity index (χ4v) is 4.20. The quantitative estimate of drug-likeness (QED) is 0.849. The zero-order valence-corrected chi connectivity index (χ0v) is 15.1. The Hall–Kier alpha value is -2.37. The van der Waals surface area contributed by atoms with Gasteiger partial charge in [-0.15, -0.1) is 0 Å². The molecule has 138 valence electrons. The van der Waals surface area contributed by atoms with Crippen LogP contribution < -0.4 is 10.2 Å². The summed E-state index contributed by atoms with van der Waals surface area (Å²) in [4.78, 5) is 37.9. The average molecular weight is 356 g/mol. The summed E-state index contributed by atoms with van der Waals surface area (Å²) in [6, 6.07) is 5.63. The van der Waals surface area contributed by atoms with Crippen LogP contribution in [0.2, 0.25) is 0 Å². The Kier molecular flexibility index (Phi) is 3.82. The van der Waals surface area contributed by atoms with Gasteiger partial charge >= 0.3 is 5.97 Å². The standard InChI is InChI=1S/C20H24N2O4/c1-20(2)16(17(20)19(25)26)18(24)21-13-6-7-14-12(9-13)5-8-15(23)22(14)10-11-3-4-11/h6-7,9,11,16-17H,3-5,8,10H2,1-2H3,(H,21,24)(H,25,26)/t16-,17+/m1/s1. The Labute approximate surface area is 152 Å². The summed E-state index contributed by atoms with van der Waals surface area (Å²) < 4.78 is 0. The summed E-state index contributed by atoms with van der Waals surface area (Å²) in [6.07, 6.45) is 3.55. The molecule has 1 aromatic carbocycles. The summed E-state index contributed by atoms with van der Waals surface area (Å²) in [7, 11) is 0. The lowest BCUT2D eigenvalue weighted by Crippen LogP contribution is -2.36. The first-order valence-electron chi connectivity index (χ1n) is 9.26. The Balaban J connectivity index is 1.50. The van der Waals surface area contributed by atoms with Crippen LogP contribution in [0, 0.1) is 23.2 Å². The van der Waals surface area contributed by atoms with Crippen molar-refractivity contribution in [2.75, 3.05) is 16.8 Å². The van der Waals surface area contributed by atoms with E-state index in [2.05, 4.69) is 5.32 Å². The molecule has 0 unspecified atom stereocenters. The predicted molar refractivity (Wildman–Crippen MR) is 96.9 cm³/mol. The molecule has 6 heteroatoms. The second-order valence-electron chi connectivity index (χ2n) is 8.40. The number of carboxylic acids is 1. The lowest BCUT2D eigenvalue weighted by molar-refractivity contribution is -0.140. The molecule has 2 aliphatic carbocycles. The van der Waals surface area contributed by atoms with Gasteiger partial charge in [0, 0.05) is 24.3 Å². The second kappa shape index (κ2) is 5.83. The van der Waals surface area contributed by atoms with Crippen molar-refractivity contribution in [2.24, 2.45) is 23.2 Å². The number of nitrogens with zero attached hydrogens (tertiary/aromatic N) is 1. The van der Waals surface area contributed by atoms with Crippen molar-refractivity contribution in [1.29, 1.82) is 0 Å². The Bertz CT molecular complexity index is 797. The molecule has 2 N–H and O–H groups in total. The molecule has 2 amide bonds. The van der Waals surface area contributed by atoms with Crippen molar-refractivity contribution < 1.29 is 19.5 Å². The van der Waals surface area contributed by atoms with Crippen molar-refractivity contribution >= 4 is 29.2 Å². The summed E-state index contributed by atoms with van der Waals surface area (Å²) in [5.74, 6) is -1.52. The van der Waals surface area contributed by atoms with E-state index in [1.54, 1.807) is 6.07 Å². The van der Waals surface area contributed by atoms with Gasteiger partial charge in [-0.3, -0.25) is 14.4 Å². The first kappa shape index (κ1) is 17.1. The van der Waals surface area contributed by atoms with E-state index < -0.39 is 23.2 Å². The highest BCUT2D eigenvalue weighted by molar-refractivity contribution is 6.01. The number of carbonyl (C=O) groups excluding carboxylic acids is 2. The molecular weight excluding hydrogens is 332 g/mol. The summed E-state index contributed by atoms with van der Waals surface area (Å²) >= 11 is 0. The van der Waals surface area contributed by atoms with Crippen LogP contribution in [0.5, 0.6) is 0 Å². The van der Waals surface area contributed by atoms with E-state index in [1.165, 1.54) is 12.8 Å². The number of carboxylic acid groups (broad SMARTS) is 1. The maximum Gasteiger partial charge on any atom is 0.307 e. The number of rotatable bonds is 5. The smallest absolute Gasteiger partial charge is 0.307 e. The third-order valence-corrected chi connectivity index (χ3v) is 6.06. The van der Waals surface area contributed by atoms with Gasteiger partial charge in [-0.05, 0) is 54.4 Å². The monoisotopic (exact) mass is 356 g/mol. The van der Waals surface area contributed by atoms with Gasteiger partial charge in [0.25, 0.3) is 0 Å². The van der Waals surface area contributed by atoms with Crippen LogP contribution in [0.3, 0.4) is 0 Å². The van der Waals surface area contributed by atoms with Crippen LogP contribution in [-0.4, -0.2) is 29.4 Å². The molecule has 2 atom stereocenters. The molecule has 0 spiro atoms. The third-order valence-electron chi connectivity index (χ3n) is 6.06. The van der Waals surface area contributed by atoms with E-state index in [1.807, 2.05) is 30.9 Å². The number of nitrogens with one attached hydrogen (secondary N) is 1. The molecule has 26 heavy (non-hydrogen) atoms. The number of amides is 2. The number of hydrogen-bond acceptors (Lipinski definition) is 3. The number of aliphatic carboxylic acids is 1. The van der Waals surface area contributed by atoms with Crippen LogP contribution in [0.1, 0.15) is 38.7 Å². The maximum atomic E-state index is 12.5. The van der Waals surface area contributed by atoms with Crippen LogP contribution >= 0.6 is 0 Å². The number of anilines is 2. The predicted octanol–water partition coefficient (Wildman–Crippen LogP) is 2.67. The van der Waals surface area contributed by atoms with Crippen LogP contribution in [-0.2, 0) is 20.8 Å². The van der Waals surface area contributed by atoms with Gasteiger partial charge in [-0.25, -0.2) is 0 Å². The molecule has 0 bridgehead atoms. The molecule has 1 heterocycles. The van der Waals surface area contributed by atoms with Gasteiger partial charge in [0.2, 0.25) is 11.8 Å². The molecular formula is C20H24N2O4. The van der Waals surface area contributed by atoms with Gasteiger partial charge in [-0.1, -0.05) is 13.8 Å². The van der Waals surface area contributed by atoms with Crippen LogP contribution in [0.25, 0.3) is 0 Å². The van der Waals surface area contributed by atoms with Gasteiger partial charge in [0.05, 0.1) is 11.8 Å². The Morgan fingerprint density at radius 3 is 2.58 bits per heavy atom. The Morgan fingerprint density at radius 2 is 1.96 bits per heavy atom. The van der Waals surface area contributed by atoms with E-state index in [0.29, 0.717) is 24.4 Å². The summed E-state index contributed by atoms with van der Waals surface area (Å²) in [5.41, 5.74) is 2.16. The molecule has 0 aromatic heterocycles. The van der Waals surface area contributed by atoms with Crippen LogP contribution in [0.4, 0.5) is 11.4 Å². The minimum atomic E-state index is -0.921. The molecule has 6 nitrogen and oxygen atoms in total. The normalized spacial score (nSPS) is 26.2. The number of hydrogen-bond donors (Lipinski definition) is 2. The molecule has 0 radical (unpaired) electrons. The molecule has 2 fully saturated rings. The van der Waals surface area contributed by atoms with E-state index in [9.17, 15) is 19.5 Å². The highest BCUT2D eigenvalue weighted by Gasteiger charge is 2.65. The zero-order chi connectivity index (χ0) is 18.6. The molecule has 1 aromatic rings.